The summed E-state index contributed by atoms with van der Waals surface area (Å²) in [7, 11) is 0. The number of piperidine rings is 1. The topological polar surface area (TPSA) is 106 Å². The van der Waals surface area contributed by atoms with Gasteiger partial charge in [0.2, 0.25) is 5.95 Å². The third-order valence-electron chi connectivity index (χ3n) is 6.70. The summed E-state index contributed by atoms with van der Waals surface area (Å²) in [5, 5.41) is 11.5. The molecule has 1 fully saturated rings. The van der Waals surface area contributed by atoms with Gasteiger partial charge in [0.1, 0.15) is 11.7 Å². The lowest BCUT2D eigenvalue weighted by Gasteiger charge is -2.33. The first-order valence-corrected chi connectivity index (χ1v) is 13.2. The minimum absolute atomic E-state index is 0.217. The third kappa shape index (κ3) is 5.57. The van der Waals surface area contributed by atoms with Crippen molar-refractivity contribution in [1.82, 2.24) is 24.5 Å². The second-order valence-electron chi connectivity index (χ2n) is 11.1. The number of likely N-dealkylation sites (tertiary alicyclic amines) is 1. The lowest BCUT2D eigenvalue weighted by molar-refractivity contribution is 0.00662. The molecule has 0 saturated carbocycles. The van der Waals surface area contributed by atoms with Crippen LogP contribution in [-0.2, 0) is 17.7 Å². The standard InChI is InChI=1S/C27H37N7O3/c1-17(2)21-15-30-34-23(21)31-25(36-19-9-7-13-33(16-19)26(35)37-27(3,4)5)32-24(34)29-14-18-8-6-10-22-20(18)11-12-28-22/h6,8,10,15,17,19,28H,7,9,11-14,16H2,1-5H3,(H,29,31,32)/t19-/m1/s1. The van der Waals surface area contributed by atoms with E-state index in [9.17, 15) is 4.79 Å². The molecule has 0 spiro atoms. The van der Waals surface area contributed by atoms with Crippen LogP contribution in [0.5, 0.6) is 6.01 Å². The van der Waals surface area contributed by atoms with Crippen molar-refractivity contribution >= 4 is 23.4 Å². The predicted octanol–water partition coefficient (Wildman–Crippen LogP) is 4.61. The SMILES string of the molecule is CC(C)c1cnn2c(NCc3cccc4c3CCN4)nc(O[C@@H]3CCCN(C(=O)OC(C)(C)C)C3)nc12. The van der Waals surface area contributed by atoms with Crippen LogP contribution in [0.4, 0.5) is 16.4 Å². The van der Waals surface area contributed by atoms with E-state index < -0.39 is 5.60 Å². The van der Waals surface area contributed by atoms with E-state index in [0.29, 0.717) is 25.6 Å². The van der Waals surface area contributed by atoms with Gasteiger partial charge in [-0.15, -0.1) is 0 Å². The second-order valence-corrected chi connectivity index (χ2v) is 11.1. The number of rotatable bonds is 6. The summed E-state index contributed by atoms with van der Waals surface area (Å²) in [6.07, 6.45) is 3.96. The highest BCUT2D eigenvalue weighted by Gasteiger charge is 2.29. The van der Waals surface area contributed by atoms with Crippen LogP contribution < -0.4 is 15.4 Å². The van der Waals surface area contributed by atoms with Gasteiger partial charge in [0.05, 0.1) is 12.7 Å². The second kappa shape index (κ2) is 10.1. The fourth-order valence-corrected chi connectivity index (χ4v) is 4.88. The van der Waals surface area contributed by atoms with Crippen LogP contribution in [-0.4, -0.2) is 61.9 Å². The molecule has 1 saturated heterocycles. The Kier molecular flexibility index (Phi) is 6.83. The Balaban J connectivity index is 1.38. The number of nitrogens with one attached hydrogen (secondary N) is 2. The minimum Gasteiger partial charge on any atom is -0.458 e. The van der Waals surface area contributed by atoms with Gasteiger partial charge in [0.15, 0.2) is 5.65 Å². The molecule has 37 heavy (non-hydrogen) atoms. The number of nitrogens with zero attached hydrogens (tertiary/aromatic N) is 5. The number of anilines is 2. The Hall–Kier alpha value is -3.56. The fourth-order valence-electron chi connectivity index (χ4n) is 4.88. The molecule has 0 radical (unpaired) electrons. The van der Waals surface area contributed by atoms with Crippen molar-refractivity contribution in [3.8, 4) is 6.01 Å². The van der Waals surface area contributed by atoms with Gasteiger partial charge in [-0.05, 0) is 63.1 Å². The molecule has 10 heteroatoms. The molecule has 0 unspecified atom stereocenters. The molecule has 1 aromatic carbocycles. The zero-order chi connectivity index (χ0) is 26.2. The van der Waals surface area contributed by atoms with Gasteiger partial charge >= 0.3 is 12.1 Å². The molecule has 0 aliphatic carbocycles. The summed E-state index contributed by atoms with van der Waals surface area (Å²) in [6, 6.07) is 6.62. The molecule has 3 aromatic rings. The zero-order valence-electron chi connectivity index (χ0n) is 22.4. The number of carbonyl (C=O) groups excluding carboxylic acids is 1. The smallest absolute Gasteiger partial charge is 0.410 e. The van der Waals surface area contributed by atoms with Crippen molar-refractivity contribution in [2.75, 3.05) is 30.3 Å². The van der Waals surface area contributed by atoms with Crippen molar-refractivity contribution in [3.63, 3.8) is 0 Å². The number of amides is 1. The first-order chi connectivity index (χ1) is 17.7. The summed E-state index contributed by atoms with van der Waals surface area (Å²) < 4.78 is 13.6. The van der Waals surface area contributed by atoms with Crippen molar-refractivity contribution in [2.24, 2.45) is 0 Å². The van der Waals surface area contributed by atoms with E-state index in [-0.39, 0.29) is 24.1 Å². The van der Waals surface area contributed by atoms with Crippen LogP contribution in [0.25, 0.3) is 5.65 Å². The minimum atomic E-state index is -0.538. The van der Waals surface area contributed by atoms with E-state index in [2.05, 4.69) is 47.8 Å². The molecule has 10 nitrogen and oxygen atoms in total. The molecule has 0 bridgehead atoms. The summed E-state index contributed by atoms with van der Waals surface area (Å²) >= 11 is 0. The van der Waals surface area contributed by atoms with E-state index >= 15 is 0 Å². The van der Waals surface area contributed by atoms with E-state index in [1.807, 2.05) is 27.0 Å². The number of carbonyl (C=O) groups is 1. The van der Waals surface area contributed by atoms with Crippen molar-refractivity contribution in [2.45, 2.75) is 78.0 Å². The maximum atomic E-state index is 12.6. The Morgan fingerprint density at radius 3 is 2.89 bits per heavy atom. The van der Waals surface area contributed by atoms with E-state index in [1.165, 1.54) is 16.8 Å². The Bertz CT molecular complexity index is 1280. The molecule has 5 rings (SSSR count). The summed E-state index contributed by atoms with van der Waals surface area (Å²) in [5.74, 6) is 0.823. The lowest BCUT2D eigenvalue weighted by atomic mass is 10.1. The van der Waals surface area contributed by atoms with Gasteiger partial charge in [-0.3, -0.25) is 0 Å². The number of ether oxygens (including phenoxy) is 2. The normalized spacial score (nSPS) is 17.6. The van der Waals surface area contributed by atoms with Crippen molar-refractivity contribution in [1.29, 1.82) is 0 Å². The Labute approximate surface area is 217 Å². The number of fused-ring (bicyclic) bond motifs is 2. The van der Waals surface area contributed by atoms with Gasteiger partial charge in [0, 0.05) is 30.9 Å². The molecule has 2 N–H and O–H groups in total. The number of benzene rings is 1. The maximum Gasteiger partial charge on any atom is 0.410 e. The molecule has 1 amide bonds. The highest BCUT2D eigenvalue weighted by molar-refractivity contribution is 5.68. The Morgan fingerprint density at radius 1 is 1.27 bits per heavy atom. The van der Waals surface area contributed by atoms with Gasteiger partial charge in [-0.2, -0.15) is 19.6 Å². The van der Waals surface area contributed by atoms with Crippen LogP contribution in [0.2, 0.25) is 0 Å². The lowest BCUT2D eigenvalue weighted by Crippen LogP contribution is -2.46. The number of hydrogen-bond acceptors (Lipinski definition) is 8. The van der Waals surface area contributed by atoms with Crippen LogP contribution in [0.15, 0.2) is 24.4 Å². The first kappa shape index (κ1) is 25.1. The van der Waals surface area contributed by atoms with E-state index in [4.69, 9.17) is 19.4 Å². The highest BCUT2D eigenvalue weighted by atomic mass is 16.6. The van der Waals surface area contributed by atoms with Gasteiger partial charge < -0.3 is 25.0 Å². The summed E-state index contributed by atoms with van der Waals surface area (Å²) in [6.45, 7) is 12.5. The third-order valence-corrected chi connectivity index (χ3v) is 6.70. The average molecular weight is 508 g/mol. The van der Waals surface area contributed by atoms with Gasteiger partial charge in [0.25, 0.3) is 0 Å². The zero-order valence-corrected chi connectivity index (χ0v) is 22.4. The van der Waals surface area contributed by atoms with Crippen LogP contribution in [0.1, 0.15) is 70.1 Å². The van der Waals surface area contributed by atoms with Crippen LogP contribution >= 0.6 is 0 Å². The highest BCUT2D eigenvalue weighted by Crippen LogP contribution is 2.28. The van der Waals surface area contributed by atoms with Crippen molar-refractivity contribution < 1.29 is 14.3 Å². The fraction of sp³-hybridized carbons (Fsp3) is 0.556. The van der Waals surface area contributed by atoms with Crippen molar-refractivity contribution in [3.05, 3.63) is 41.1 Å². The largest absolute Gasteiger partial charge is 0.458 e. The molecule has 4 heterocycles. The molecule has 2 aromatic heterocycles. The van der Waals surface area contributed by atoms with Crippen LogP contribution in [0, 0.1) is 0 Å². The van der Waals surface area contributed by atoms with E-state index in [1.54, 1.807) is 9.42 Å². The van der Waals surface area contributed by atoms with Gasteiger partial charge in [-0.25, -0.2) is 4.79 Å². The van der Waals surface area contributed by atoms with E-state index in [0.717, 1.165) is 37.0 Å². The Morgan fingerprint density at radius 2 is 2.11 bits per heavy atom. The summed E-state index contributed by atoms with van der Waals surface area (Å²) in [4.78, 5) is 23.8. The average Bonchev–Trinajstić information content (AvgIpc) is 3.49. The molecule has 2 aliphatic rings. The summed E-state index contributed by atoms with van der Waals surface area (Å²) in [5.41, 5.74) is 4.98. The number of hydrogen-bond donors (Lipinski definition) is 2. The molecular weight excluding hydrogens is 470 g/mol. The maximum absolute atomic E-state index is 12.6. The molecule has 198 valence electrons. The molecular formula is C27H37N7O3. The quantitative estimate of drug-likeness (QED) is 0.498. The predicted molar refractivity (Wildman–Crippen MR) is 142 cm³/mol. The van der Waals surface area contributed by atoms with Gasteiger partial charge in [-0.1, -0.05) is 26.0 Å². The monoisotopic (exact) mass is 507 g/mol. The molecule has 1 atom stereocenters. The van der Waals surface area contributed by atoms with Crippen LogP contribution in [0.3, 0.4) is 0 Å². The molecule has 2 aliphatic heterocycles. The first-order valence-electron chi connectivity index (χ1n) is 13.2. The number of aromatic nitrogens is 4.